The molecule has 0 radical (unpaired) electrons. The number of aliphatic carboxylic acids is 1. The Hall–Kier alpha value is -5.40. The van der Waals surface area contributed by atoms with E-state index in [1.165, 1.54) is 4.90 Å². The highest BCUT2D eigenvalue weighted by Crippen LogP contribution is 2.30. The van der Waals surface area contributed by atoms with Gasteiger partial charge in [-0.3, -0.25) is 24.0 Å². The summed E-state index contributed by atoms with van der Waals surface area (Å²) in [7, 11) is 0. The fourth-order valence-electron chi connectivity index (χ4n) is 6.49. The van der Waals surface area contributed by atoms with E-state index in [0.717, 1.165) is 16.5 Å². The first kappa shape index (κ1) is 38.4. The number of primary amides is 1. The van der Waals surface area contributed by atoms with Crippen LogP contribution in [0.25, 0.3) is 10.9 Å². The molecule has 2 aromatic carbocycles. The van der Waals surface area contributed by atoms with Gasteiger partial charge in [-0.15, -0.1) is 0 Å². The summed E-state index contributed by atoms with van der Waals surface area (Å²) in [5.41, 5.74) is 7.06. The molecular weight excluding hydrogens is 656 g/mol. The number of likely N-dealkylation sites (tertiary alicyclic amines) is 1. The maximum Gasteiger partial charge on any atom is 0.408 e. The molecule has 4 rings (SSSR count). The third kappa shape index (κ3) is 10.5. The number of rotatable bonds is 15. The van der Waals surface area contributed by atoms with Gasteiger partial charge in [0.2, 0.25) is 23.6 Å². The average molecular weight is 705 g/mol. The lowest BCUT2D eigenvalue weighted by Gasteiger charge is -2.32. The topological polar surface area (TPSA) is 213 Å². The third-order valence-corrected chi connectivity index (χ3v) is 8.78. The number of fused-ring (bicyclic) bond motifs is 1. The minimum Gasteiger partial charge on any atom is -0.481 e. The molecule has 1 fully saturated rings. The van der Waals surface area contributed by atoms with Crippen LogP contribution in [0.2, 0.25) is 0 Å². The van der Waals surface area contributed by atoms with E-state index in [2.05, 4.69) is 20.9 Å². The molecule has 0 unspecified atom stereocenters. The van der Waals surface area contributed by atoms with Crippen LogP contribution >= 0.6 is 0 Å². The van der Waals surface area contributed by atoms with E-state index in [4.69, 9.17) is 10.5 Å². The molecule has 1 aliphatic rings. The van der Waals surface area contributed by atoms with Crippen molar-refractivity contribution in [2.75, 3.05) is 6.54 Å². The van der Waals surface area contributed by atoms with Gasteiger partial charge in [-0.1, -0.05) is 61.9 Å². The summed E-state index contributed by atoms with van der Waals surface area (Å²) in [5, 5.41) is 18.3. The van der Waals surface area contributed by atoms with Crippen molar-refractivity contribution < 1.29 is 38.6 Å². The molecule has 7 N–H and O–H groups in total. The Morgan fingerprint density at radius 2 is 1.63 bits per heavy atom. The first-order valence-corrected chi connectivity index (χ1v) is 17.2. The highest BCUT2D eigenvalue weighted by Gasteiger charge is 2.45. The van der Waals surface area contributed by atoms with Crippen LogP contribution in [-0.4, -0.2) is 87.0 Å². The second-order valence-corrected chi connectivity index (χ2v) is 13.9. The lowest BCUT2D eigenvalue weighted by atomic mass is 9.93. The fourth-order valence-corrected chi connectivity index (χ4v) is 6.49. The maximum absolute atomic E-state index is 14.4. The van der Waals surface area contributed by atoms with E-state index in [9.17, 15) is 33.9 Å². The predicted octanol–water partition coefficient (Wildman–Crippen LogP) is 2.79. The van der Waals surface area contributed by atoms with Crippen molar-refractivity contribution in [3.8, 4) is 0 Å². The fraction of sp³-hybridized carbons (Fsp3) is 0.459. The summed E-state index contributed by atoms with van der Waals surface area (Å²) in [6.45, 7) is 7.25. The number of nitrogens with two attached hydrogens (primary N) is 1. The summed E-state index contributed by atoms with van der Waals surface area (Å²) < 4.78 is 5.48. The zero-order valence-corrected chi connectivity index (χ0v) is 29.4. The summed E-state index contributed by atoms with van der Waals surface area (Å²) in [6.07, 6.45) is 2.07. The Morgan fingerprint density at radius 3 is 2.27 bits per heavy atom. The molecule has 0 aliphatic carbocycles. The number of carbonyl (C=O) groups is 6. The Labute approximate surface area is 296 Å². The van der Waals surface area contributed by atoms with E-state index >= 15 is 0 Å². The van der Waals surface area contributed by atoms with E-state index in [1.807, 2.05) is 31.2 Å². The number of ether oxygens (including phenoxy) is 1. The van der Waals surface area contributed by atoms with Crippen molar-refractivity contribution in [2.45, 2.75) is 96.0 Å². The number of hydrogen-bond donors (Lipinski definition) is 6. The second kappa shape index (κ2) is 17.0. The molecule has 5 amide bonds. The van der Waals surface area contributed by atoms with Crippen molar-refractivity contribution in [1.82, 2.24) is 25.8 Å². The molecule has 2 heterocycles. The zero-order valence-electron chi connectivity index (χ0n) is 29.4. The van der Waals surface area contributed by atoms with Gasteiger partial charge in [-0.25, -0.2) is 4.79 Å². The molecule has 51 heavy (non-hydrogen) atoms. The highest BCUT2D eigenvalue weighted by atomic mass is 16.6. The number of aromatic amines is 1. The molecule has 14 heteroatoms. The van der Waals surface area contributed by atoms with Crippen LogP contribution in [0.5, 0.6) is 0 Å². The minimum absolute atomic E-state index is 0.0571. The lowest BCUT2D eigenvalue weighted by Crippen LogP contribution is -2.59. The van der Waals surface area contributed by atoms with Crippen LogP contribution in [0.15, 0.2) is 60.8 Å². The van der Waals surface area contributed by atoms with Gasteiger partial charge in [0.15, 0.2) is 0 Å². The molecule has 1 aliphatic heterocycles. The largest absolute Gasteiger partial charge is 0.481 e. The number of alkyl carbamates (subject to hydrolysis) is 1. The molecule has 274 valence electrons. The Balaban J connectivity index is 1.59. The standard InChI is InChI=1S/C37H48N6O8/c1-5-11-23-16-17-43(35(49)29(42-36(50)51-37(2,3)4)19-24-21-39-26-15-10-9-14-25(24)26)31(23)34(48)41-28(20-30(44)45)33(47)40-27(32(38)46)18-22-12-7-6-8-13-22/h6-10,12-15,21,23,27-29,31,39H,5,11,16-20H2,1-4H3,(H2,38,46)(H,40,47)(H,41,48)(H,42,50)(H,44,45)/t23-,27-,28-,29-,31-/m0/s1. The van der Waals surface area contributed by atoms with Gasteiger partial charge in [0.25, 0.3) is 0 Å². The first-order valence-electron chi connectivity index (χ1n) is 17.2. The van der Waals surface area contributed by atoms with Crippen molar-refractivity contribution in [2.24, 2.45) is 11.7 Å². The molecule has 0 saturated carbocycles. The molecule has 1 aromatic heterocycles. The van der Waals surface area contributed by atoms with Gasteiger partial charge in [0.1, 0.15) is 29.8 Å². The minimum atomic E-state index is -1.57. The van der Waals surface area contributed by atoms with E-state index in [-0.39, 0.29) is 25.3 Å². The second-order valence-electron chi connectivity index (χ2n) is 13.9. The van der Waals surface area contributed by atoms with Crippen LogP contribution in [0.3, 0.4) is 0 Å². The van der Waals surface area contributed by atoms with Crippen LogP contribution in [0.1, 0.15) is 64.5 Å². The number of para-hydroxylation sites is 1. The molecule has 5 atom stereocenters. The normalized spacial score (nSPS) is 17.6. The third-order valence-electron chi connectivity index (χ3n) is 8.78. The number of benzene rings is 2. The van der Waals surface area contributed by atoms with Gasteiger partial charge >= 0.3 is 12.1 Å². The quantitative estimate of drug-likeness (QED) is 0.138. The van der Waals surface area contributed by atoms with Crippen molar-refractivity contribution in [3.63, 3.8) is 0 Å². The molecule has 3 aromatic rings. The van der Waals surface area contributed by atoms with Crippen LogP contribution in [-0.2, 0) is 41.6 Å². The Kier molecular flexibility index (Phi) is 12.8. The number of carboxylic acids is 1. The summed E-state index contributed by atoms with van der Waals surface area (Å²) in [5.74, 6) is -4.65. The van der Waals surface area contributed by atoms with Crippen LogP contribution in [0, 0.1) is 5.92 Å². The van der Waals surface area contributed by atoms with Gasteiger partial charge in [-0.05, 0) is 56.7 Å². The number of H-pyrrole nitrogens is 1. The SMILES string of the molecule is CCC[C@H]1CCN(C(=O)[C@H](Cc2c[nH]c3ccccc23)NC(=O)OC(C)(C)C)[C@@H]1C(=O)N[C@@H](CC(=O)O)C(=O)N[C@@H](Cc1ccccc1)C(N)=O. The molecule has 0 bridgehead atoms. The predicted molar refractivity (Wildman–Crippen MR) is 189 cm³/mol. The number of nitrogens with one attached hydrogen (secondary N) is 4. The highest BCUT2D eigenvalue weighted by molar-refractivity contribution is 5.97. The summed E-state index contributed by atoms with van der Waals surface area (Å²) in [4.78, 5) is 83.7. The number of carboxylic acid groups (broad SMARTS) is 1. The Bertz CT molecular complexity index is 1720. The smallest absolute Gasteiger partial charge is 0.408 e. The number of hydrogen-bond acceptors (Lipinski definition) is 7. The van der Waals surface area contributed by atoms with Crippen molar-refractivity contribution >= 4 is 46.6 Å². The lowest BCUT2D eigenvalue weighted by molar-refractivity contribution is -0.144. The molecule has 14 nitrogen and oxygen atoms in total. The van der Waals surface area contributed by atoms with Crippen LogP contribution in [0.4, 0.5) is 4.79 Å². The van der Waals surface area contributed by atoms with Gasteiger partial charge in [-0.2, -0.15) is 0 Å². The van der Waals surface area contributed by atoms with E-state index in [1.54, 1.807) is 57.3 Å². The number of nitrogens with zero attached hydrogens (tertiary/aromatic N) is 1. The first-order chi connectivity index (χ1) is 24.2. The summed E-state index contributed by atoms with van der Waals surface area (Å²) in [6, 6.07) is 11.4. The Morgan fingerprint density at radius 1 is 0.941 bits per heavy atom. The number of amides is 5. The molecular formula is C37H48N6O8. The van der Waals surface area contributed by atoms with Crippen molar-refractivity contribution in [1.29, 1.82) is 0 Å². The average Bonchev–Trinajstić information content (AvgIpc) is 3.67. The number of carbonyl (C=O) groups excluding carboxylic acids is 5. The van der Waals surface area contributed by atoms with E-state index < -0.39 is 71.9 Å². The molecule has 0 spiro atoms. The summed E-state index contributed by atoms with van der Waals surface area (Å²) >= 11 is 0. The molecule has 1 saturated heterocycles. The van der Waals surface area contributed by atoms with E-state index in [0.29, 0.717) is 24.8 Å². The number of aromatic nitrogens is 1. The zero-order chi connectivity index (χ0) is 37.3. The van der Waals surface area contributed by atoms with Crippen molar-refractivity contribution in [3.05, 3.63) is 71.9 Å². The van der Waals surface area contributed by atoms with Gasteiger partial charge in [0, 0.05) is 36.5 Å². The van der Waals surface area contributed by atoms with Gasteiger partial charge in [0.05, 0.1) is 6.42 Å². The monoisotopic (exact) mass is 704 g/mol. The van der Waals surface area contributed by atoms with Crippen LogP contribution < -0.4 is 21.7 Å². The maximum atomic E-state index is 14.4. The van der Waals surface area contributed by atoms with Gasteiger partial charge < -0.3 is 41.4 Å².